The average Bonchev–Trinajstić information content (AvgIpc) is 2.87. The summed E-state index contributed by atoms with van der Waals surface area (Å²) in [7, 11) is 0. The fraction of sp³-hybridized carbons (Fsp3) is 0.333. The number of aromatic amines is 1. The first-order valence-electron chi connectivity index (χ1n) is 4.47. The van der Waals surface area contributed by atoms with Gasteiger partial charge in [0, 0.05) is 10.9 Å². The molecule has 2 N–H and O–H groups in total. The molecule has 0 amide bonds. The second-order valence-electron chi connectivity index (χ2n) is 3.05. The molecule has 0 saturated carbocycles. The van der Waals surface area contributed by atoms with Crippen molar-refractivity contribution in [2.24, 2.45) is 0 Å². The maximum absolute atomic E-state index is 4.04. The lowest BCUT2D eigenvalue weighted by atomic mass is 10.3. The van der Waals surface area contributed by atoms with Gasteiger partial charge in [-0.05, 0) is 18.4 Å². The maximum Gasteiger partial charge on any atom is 0.138 e. The molecule has 0 aliphatic heterocycles. The molecule has 0 saturated heterocycles. The normalized spacial score (nSPS) is 12.9. The van der Waals surface area contributed by atoms with Crippen molar-refractivity contribution in [3.8, 4) is 0 Å². The van der Waals surface area contributed by atoms with Crippen molar-refractivity contribution in [2.75, 3.05) is 0 Å². The van der Waals surface area contributed by atoms with Crippen LogP contribution in [0.5, 0.6) is 0 Å². The van der Waals surface area contributed by atoms with Crippen LogP contribution in [0, 0.1) is 0 Å². The number of nitrogens with one attached hydrogen (secondary N) is 2. The Hall–Kier alpha value is -1.20. The van der Waals surface area contributed by atoms with Gasteiger partial charge in [-0.3, -0.25) is 5.10 Å². The summed E-state index contributed by atoms with van der Waals surface area (Å²) >= 11 is 1.76. The van der Waals surface area contributed by atoms with Crippen molar-refractivity contribution in [1.29, 1.82) is 0 Å². The zero-order valence-electron chi connectivity index (χ0n) is 7.90. The molecule has 1 unspecified atom stereocenters. The highest BCUT2D eigenvalue weighted by molar-refractivity contribution is 7.10. The molecule has 0 fully saturated rings. The lowest BCUT2D eigenvalue weighted by Crippen LogP contribution is -2.17. The molecule has 2 heterocycles. The smallest absolute Gasteiger partial charge is 0.138 e. The van der Waals surface area contributed by atoms with E-state index in [1.54, 1.807) is 11.3 Å². The van der Waals surface area contributed by atoms with E-state index in [0.29, 0.717) is 6.04 Å². The third-order valence-corrected chi connectivity index (χ3v) is 3.07. The van der Waals surface area contributed by atoms with E-state index < -0.39 is 0 Å². The van der Waals surface area contributed by atoms with Crippen molar-refractivity contribution in [2.45, 2.75) is 19.5 Å². The van der Waals surface area contributed by atoms with Crippen LogP contribution in [0.3, 0.4) is 0 Å². The Morgan fingerprint density at radius 1 is 1.64 bits per heavy atom. The molecule has 2 rings (SSSR count). The number of H-pyrrole nitrogens is 1. The van der Waals surface area contributed by atoms with E-state index in [1.165, 1.54) is 11.2 Å². The fourth-order valence-electron chi connectivity index (χ4n) is 1.20. The largest absolute Gasteiger partial charge is 0.302 e. The van der Waals surface area contributed by atoms with E-state index in [1.807, 2.05) is 0 Å². The first-order valence-corrected chi connectivity index (χ1v) is 5.35. The first kappa shape index (κ1) is 9.36. The van der Waals surface area contributed by atoms with Crippen molar-refractivity contribution in [3.05, 3.63) is 34.5 Å². The van der Waals surface area contributed by atoms with Crippen LogP contribution >= 0.6 is 11.3 Å². The molecule has 0 aromatic carbocycles. The fourth-order valence-corrected chi connectivity index (χ4v) is 1.96. The summed E-state index contributed by atoms with van der Waals surface area (Å²) in [6, 6.07) is 4.55. The number of thiophene rings is 1. The van der Waals surface area contributed by atoms with Crippen molar-refractivity contribution in [3.63, 3.8) is 0 Å². The predicted molar refractivity (Wildman–Crippen MR) is 56.0 cm³/mol. The summed E-state index contributed by atoms with van der Waals surface area (Å²) in [4.78, 5) is 5.38. The van der Waals surface area contributed by atoms with Crippen molar-refractivity contribution in [1.82, 2.24) is 20.5 Å². The Bertz CT molecular complexity index is 354. The Kier molecular flexibility index (Phi) is 2.90. The summed E-state index contributed by atoms with van der Waals surface area (Å²) in [5, 5.41) is 12.1. The minimum Gasteiger partial charge on any atom is -0.302 e. The molecule has 0 bridgehead atoms. The van der Waals surface area contributed by atoms with Crippen LogP contribution < -0.4 is 5.32 Å². The highest BCUT2D eigenvalue weighted by atomic mass is 32.1. The number of hydrogen-bond donors (Lipinski definition) is 2. The van der Waals surface area contributed by atoms with Gasteiger partial charge in [0.15, 0.2) is 0 Å². The van der Waals surface area contributed by atoms with Crippen molar-refractivity contribution >= 4 is 11.3 Å². The molecular formula is C9H12N4S. The van der Waals surface area contributed by atoms with Gasteiger partial charge in [0.05, 0.1) is 6.54 Å². The molecule has 0 aliphatic rings. The van der Waals surface area contributed by atoms with Gasteiger partial charge in [0.2, 0.25) is 0 Å². The molecule has 0 spiro atoms. The molecule has 2 aromatic rings. The first-order chi connectivity index (χ1) is 6.86. The Balaban J connectivity index is 1.87. The standard InChI is InChI=1S/C9H12N4S/c1-7(8-3-2-4-14-8)10-5-9-11-6-12-13-9/h2-4,6-7,10H,5H2,1H3,(H,11,12,13). The van der Waals surface area contributed by atoms with Gasteiger partial charge < -0.3 is 5.32 Å². The lowest BCUT2D eigenvalue weighted by Gasteiger charge is -2.09. The molecule has 1 atom stereocenters. The van der Waals surface area contributed by atoms with Gasteiger partial charge in [0.1, 0.15) is 12.2 Å². The number of aromatic nitrogens is 3. The second-order valence-corrected chi connectivity index (χ2v) is 4.03. The predicted octanol–water partition coefficient (Wildman–Crippen LogP) is 1.72. The quantitative estimate of drug-likeness (QED) is 0.804. The molecular weight excluding hydrogens is 196 g/mol. The van der Waals surface area contributed by atoms with Crippen LogP contribution in [0.15, 0.2) is 23.8 Å². The van der Waals surface area contributed by atoms with E-state index in [4.69, 9.17) is 0 Å². The van der Waals surface area contributed by atoms with Crippen molar-refractivity contribution < 1.29 is 0 Å². The van der Waals surface area contributed by atoms with E-state index in [-0.39, 0.29) is 0 Å². The highest BCUT2D eigenvalue weighted by Gasteiger charge is 2.05. The van der Waals surface area contributed by atoms with Crippen LogP contribution in [0.4, 0.5) is 0 Å². The average molecular weight is 208 g/mol. The topological polar surface area (TPSA) is 53.6 Å². The lowest BCUT2D eigenvalue weighted by molar-refractivity contribution is 0.567. The Morgan fingerprint density at radius 3 is 3.21 bits per heavy atom. The van der Waals surface area contributed by atoms with Gasteiger partial charge in [-0.15, -0.1) is 11.3 Å². The van der Waals surface area contributed by atoms with E-state index in [9.17, 15) is 0 Å². The molecule has 0 radical (unpaired) electrons. The zero-order chi connectivity index (χ0) is 9.80. The third-order valence-electron chi connectivity index (χ3n) is 2.01. The zero-order valence-corrected chi connectivity index (χ0v) is 8.71. The van der Waals surface area contributed by atoms with E-state index >= 15 is 0 Å². The number of hydrogen-bond acceptors (Lipinski definition) is 4. The molecule has 0 aliphatic carbocycles. The summed E-state index contributed by atoms with van der Waals surface area (Å²) < 4.78 is 0. The summed E-state index contributed by atoms with van der Waals surface area (Å²) in [5.74, 6) is 0.869. The highest BCUT2D eigenvalue weighted by Crippen LogP contribution is 2.17. The number of rotatable bonds is 4. The van der Waals surface area contributed by atoms with Crippen LogP contribution in [0.2, 0.25) is 0 Å². The number of nitrogens with zero attached hydrogens (tertiary/aromatic N) is 2. The van der Waals surface area contributed by atoms with Crippen LogP contribution in [-0.4, -0.2) is 15.2 Å². The Labute approximate surface area is 86.4 Å². The van der Waals surface area contributed by atoms with Gasteiger partial charge >= 0.3 is 0 Å². The van der Waals surface area contributed by atoms with E-state index in [2.05, 4.69) is 44.9 Å². The SMILES string of the molecule is CC(NCc1ncn[nH]1)c1cccs1. The second kappa shape index (κ2) is 4.34. The van der Waals surface area contributed by atoms with Gasteiger partial charge in [-0.2, -0.15) is 5.10 Å². The summed E-state index contributed by atoms with van der Waals surface area (Å²) in [6.45, 7) is 2.86. The van der Waals surface area contributed by atoms with Gasteiger partial charge in [0.25, 0.3) is 0 Å². The van der Waals surface area contributed by atoms with Gasteiger partial charge in [-0.25, -0.2) is 4.98 Å². The van der Waals surface area contributed by atoms with E-state index in [0.717, 1.165) is 12.4 Å². The van der Waals surface area contributed by atoms with Crippen LogP contribution in [0.1, 0.15) is 23.7 Å². The van der Waals surface area contributed by atoms with Gasteiger partial charge in [-0.1, -0.05) is 6.07 Å². The Morgan fingerprint density at radius 2 is 2.57 bits per heavy atom. The van der Waals surface area contributed by atoms with Crippen LogP contribution in [-0.2, 0) is 6.54 Å². The summed E-state index contributed by atoms with van der Waals surface area (Å²) in [6.07, 6.45) is 1.52. The maximum atomic E-state index is 4.04. The minimum atomic E-state index is 0.361. The molecule has 4 nitrogen and oxygen atoms in total. The van der Waals surface area contributed by atoms with Crippen LogP contribution in [0.25, 0.3) is 0 Å². The summed E-state index contributed by atoms with van der Waals surface area (Å²) in [5.41, 5.74) is 0. The minimum absolute atomic E-state index is 0.361. The molecule has 14 heavy (non-hydrogen) atoms. The molecule has 74 valence electrons. The molecule has 5 heteroatoms. The monoisotopic (exact) mass is 208 g/mol. The third kappa shape index (κ3) is 2.18. The molecule has 2 aromatic heterocycles.